The normalized spacial score (nSPS) is 15.0. The third-order valence-electron chi connectivity index (χ3n) is 5.52. The molecular formula is C25H29N3O2. The second-order valence-corrected chi connectivity index (χ2v) is 7.57. The van der Waals surface area contributed by atoms with Gasteiger partial charge in [-0.25, -0.2) is 0 Å². The van der Waals surface area contributed by atoms with Gasteiger partial charge in [0.05, 0.1) is 12.8 Å². The zero-order chi connectivity index (χ0) is 20.6. The summed E-state index contributed by atoms with van der Waals surface area (Å²) in [5, 5.41) is 4.16. The molecule has 0 unspecified atom stereocenters. The molecule has 0 atom stereocenters. The van der Waals surface area contributed by atoms with Crippen molar-refractivity contribution in [2.45, 2.75) is 12.8 Å². The largest absolute Gasteiger partial charge is 0.495 e. The van der Waals surface area contributed by atoms with Crippen LogP contribution < -0.4 is 9.64 Å². The molecule has 0 saturated carbocycles. The number of anilines is 1. The Kier molecular flexibility index (Phi) is 6.83. The molecule has 3 aromatic rings. The summed E-state index contributed by atoms with van der Waals surface area (Å²) < 4.78 is 11.0. The monoisotopic (exact) mass is 403 g/mol. The van der Waals surface area contributed by atoms with Crippen LogP contribution in [-0.4, -0.2) is 49.9 Å². The van der Waals surface area contributed by atoms with E-state index in [0.717, 1.165) is 68.3 Å². The summed E-state index contributed by atoms with van der Waals surface area (Å²) >= 11 is 0. The van der Waals surface area contributed by atoms with Gasteiger partial charge in [0.25, 0.3) is 0 Å². The highest BCUT2D eigenvalue weighted by Gasteiger charge is 2.19. The lowest BCUT2D eigenvalue weighted by atomic mass is 10.2. The number of piperazine rings is 1. The van der Waals surface area contributed by atoms with Crippen molar-refractivity contribution in [2.24, 2.45) is 0 Å². The van der Waals surface area contributed by atoms with Crippen LogP contribution in [0, 0.1) is 0 Å². The molecule has 0 spiro atoms. The van der Waals surface area contributed by atoms with Crippen LogP contribution in [0.2, 0.25) is 0 Å². The summed E-state index contributed by atoms with van der Waals surface area (Å²) in [6.07, 6.45) is 6.05. The Hall–Kier alpha value is -3.05. The second-order valence-electron chi connectivity index (χ2n) is 7.57. The van der Waals surface area contributed by atoms with Crippen LogP contribution in [0.3, 0.4) is 0 Å². The number of nitrogens with zero attached hydrogens (tertiary/aromatic N) is 3. The fraction of sp³-hybridized carbons (Fsp3) is 0.320. The number of hydrogen-bond acceptors (Lipinski definition) is 5. The summed E-state index contributed by atoms with van der Waals surface area (Å²) in [5.74, 6) is 1.91. The number of aromatic nitrogens is 1. The first-order valence-electron chi connectivity index (χ1n) is 10.6. The van der Waals surface area contributed by atoms with Crippen molar-refractivity contribution in [3.8, 4) is 5.75 Å². The highest BCUT2D eigenvalue weighted by molar-refractivity contribution is 5.67. The van der Waals surface area contributed by atoms with Crippen molar-refractivity contribution in [3.63, 3.8) is 0 Å². The smallest absolute Gasteiger partial charge is 0.142 e. The maximum absolute atomic E-state index is 5.51. The van der Waals surface area contributed by atoms with E-state index in [1.165, 1.54) is 5.69 Å². The first-order valence-corrected chi connectivity index (χ1v) is 10.6. The van der Waals surface area contributed by atoms with Crippen LogP contribution in [0.5, 0.6) is 5.75 Å². The molecule has 0 amide bonds. The van der Waals surface area contributed by atoms with Crippen molar-refractivity contribution in [1.29, 1.82) is 0 Å². The first kappa shape index (κ1) is 20.2. The lowest BCUT2D eigenvalue weighted by Gasteiger charge is -2.36. The van der Waals surface area contributed by atoms with Crippen molar-refractivity contribution in [2.75, 3.05) is 44.7 Å². The summed E-state index contributed by atoms with van der Waals surface area (Å²) in [5.41, 5.74) is 3.23. The number of para-hydroxylation sites is 2. The average molecular weight is 404 g/mol. The Bertz CT molecular complexity index is 944. The molecule has 1 saturated heterocycles. The van der Waals surface area contributed by atoms with Gasteiger partial charge in [0, 0.05) is 38.7 Å². The van der Waals surface area contributed by atoms with E-state index in [-0.39, 0.29) is 0 Å². The molecule has 1 aliphatic rings. The van der Waals surface area contributed by atoms with Gasteiger partial charge >= 0.3 is 0 Å². The predicted octanol–water partition coefficient (Wildman–Crippen LogP) is 4.61. The SMILES string of the molecule is COc1ccccc1N1CCN(CCCc2cc(C=Cc3ccccc3)no2)CC1. The first-order chi connectivity index (χ1) is 14.8. The Balaban J connectivity index is 1.20. The Morgan fingerprint density at radius 3 is 2.53 bits per heavy atom. The third-order valence-corrected chi connectivity index (χ3v) is 5.52. The van der Waals surface area contributed by atoms with E-state index in [2.05, 4.69) is 45.3 Å². The zero-order valence-corrected chi connectivity index (χ0v) is 17.5. The Morgan fingerprint density at radius 2 is 1.73 bits per heavy atom. The van der Waals surface area contributed by atoms with Gasteiger partial charge < -0.3 is 14.2 Å². The highest BCUT2D eigenvalue weighted by Crippen LogP contribution is 2.28. The summed E-state index contributed by atoms with van der Waals surface area (Å²) in [6, 6.07) is 20.5. The van der Waals surface area contributed by atoms with Gasteiger partial charge in [-0.3, -0.25) is 4.90 Å². The second kappa shape index (κ2) is 10.1. The van der Waals surface area contributed by atoms with E-state index in [9.17, 15) is 0 Å². The van der Waals surface area contributed by atoms with Crippen LogP contribution >= 0.6 is 0 Å². The number of methoxy groups -OCH3 is 1. The van der Waals surface area contributed by atoms with Crippen LogP contribution in [0.1, 0.15) is 23.4 Å². The lowest BCUT2D eigenvalue weighted by Crippen LogP contribution is -2.46. The van der Waals surface area contributed by atoms with Gasteiger partial charge in [-0.15, -0.1) is 0 Å². The van der Waals surface area contributed by atoms with Crippen LogP contribution in [0.4, 0.5) is 5.69 Å². The molecule has 1 aromatic heterocycles. The van der Waals surface area contributed by atoms with Gasteiger partial charge in [-0.2, -0.15) is 0 Å². The highest BCUT2D eigenvalue weighted by atomic mass is 16.5. The van der Waals surface area contributed by atoms with Gasteiger partial charge in [0.15, 0.2) is 0 Å². The molecule has 4 rings (SSSR count). The van der Waals surface area contributed by atoms with E-state index in [1.807, 2.05) is 42.5 Å². The van der Waals surface area contributed by atoms with E-state index in [0.29, 0.717) is 0 Å². The number of benzene rings is 2. The molecule has 1 fully saturated rings. The maximum Gasteiger partial charge on any atom is 0.142 e. The number of ether oxygens (including phenoxy) is 1. The van der Waals surface area contributed by atoms with Crippen molar-refractivity contribution in [3.05, 3.63) is 77.7 Å². The number of rotatable bonds is 8. The topological polar surface area (TPSA) is 41.7 Å². The van der Waals surface area contributed by atoms with Crippen LogP contribution in [-0.2, 0) is 6.42 Å². The zero-order valence-electron chi connectivity index (χ0n) is 17.5. The Labute approximate surface area is 178 Å². The van der Waals surface area contributed by atoms with Crippen molar-refractivity contribution >= 4 is 17.8 Å². The van der Waals surface area contributed by atoms with Crippen LogP contribution in [0.25, 0.3) is 12.2 Å². The standard InChI is InChI=1S/C25H29N3O2/c1-29-25-12-6-5-11-24(25)28-18-16-27(17-19-28)15-7-10-23-20-22(26-30-23)14-13-21-8-3-2-4-9-21/h2-6,8-9,11-14,20H,7,10,15-19H2,1H3. The molecule has 0 bridgehead atoms. The molecule has 5 heteroatoms. The molecule has 0 radical (unpaired) electrons. The molecule has 0 aliphatic carbocycles. The van der Waals surface area contributed by atoms with Crippen molar-refractivity contribution < 1.29 is 9.26 Å². The quantitative estimate of drug-likeness (QED) is 0.549. The molecule has 0 N–H and O–H groups in total. The summed E-state index contributed by atoms with van der Waals surface area (Å²) in [7, 11) is 1.74. The minimum absolute atomic E-state index is 0.874. The minimum atomic E-state index is 0.874. The number of hydrogen-bond donors (Lipinski definition) is 0. The van der Waals surface area contributed by atoms with E-state index in [4.69, 9.17) is 9.26 Å². The Morgan fingerprint density at radius 1 is 0.967 bits per heavy atom. The fourth-order valence-corrected chi connectivity index (χ4v) is 3.85. The molecule has 30 heavy (non-hydrogen) atoms. The lowest BCUT2D eigenvalue weighted by molar-refractivity contribution is 0.250. The average Bonchev–Trinajstić information content (AvgIpc) is 3.26. The molecule has 5 nitrogen and oxygen atoms in total. The summed E-state index contributed by atoms with van der Waals surface area (Å²) in [4.78, 5) is 4.94. The van der Waals surface area contributed by atoms with Gasteiger partial charge in [-0.1, -0.05) is 53.7 Å². The molecule has 2 aromatic carbocycles. The van der Waals surface area contributed by atoms with Gasteiger partial charge in [0.1, 0.15) is 17.2 Å². The van der Waals surface area contributed by atoms with Crippen LogP contribution in [0.15, 0.2) is 65.2 Å². The third kappa shape index (κ3) is 5.30. The molecule has 156 valence electrons. The van der Waals surface area contributed by atoms with Gasteiger partial charge in [-0.05, 0) is 36.7 Å². The minimum Gasteiger partial charge on any atom is -0.495 e. The predicted molar refractivity (Wildman–Crippen MR) is 122 cm³/mol. The maximum atomic E-state index is 5.51. The number of aryl methyl sites for hydroxylation is 1. The van der Waals surface area contributed by atoms with Gasteiger partial charge in [0.2, 0.25) is 0 Å². The van der Waals surface area contributed by atoms with Crippen molar-refractivity contribution in [1.82, 2.24) is 10.1 Å². The summed E-state index contributed by atoms with van der Waals surface area (Å²) in [6.45, 7) is 5.27. The molecular weight excluding hydrogens is 374 g/mol. The molecule has 2 heterocycles. The van der Waals surface area contributed by atoms with E-state index < -0.39 is 0 Å². The molecule has 1 aliphatic heterocycles. The fourth-order valence-electron chi connectivity index (χ4n) is 3.85. The van der Waals surface area contributed by atoms with E-state index >= 15 is 0 Å². The van der Waals surface area contributed by atoms with E-state index in [1.54, 1.807) is 7.11 Å².